The maximum absolute atomic E-state index is 13.2. The molecule has 0 heterocycles. The predicted octanol–water partition coefficient (Wildman–Crippen LogP) is 3.23. The van der Waals surface area contributed by atoms with Gasteiger partial charge < -0.3 is 10.5 Å². The Labute approximate surface area is 155 Å². The lowest BCUT2D eigenvalue weighted by atomic mass is 9.91. The first-order valence-electron chi connectivity index (χ1n) is 8.48. The van der Waals surface area contributed by atoms with Gasteiger partial charge in [-0.1, -0.05) is 61.2 Å². The minimum Gasteiger partial charge on any atom is -0.494 e. The molecule has 2 aromatic rings. The predicted molar refractivity (Wildman–Crippen MR) is 104 cm³/mol. The summed E-state index contributed by atoms with van der Waals surface area (Å²) in [6, 6.07) is 16.2. The molecule has 0 aromatic heterocycles. The summed E-state index contributed by atoms with van der Waals surface area (Å²) in [5.41, 5.74) is 6.34. The third-order valence-electron chi connectivity index (χ3n) is 4.33. The number of ether oxygens (including phenoxy) is 1. The first kappa shape index (κ1) is 19.9. The van der Waals surface area contributed by atoms with Crippen molar-refractivity contribution < 1.29 is 18.9 Å². The highest BCUT2D eigenvalue weighted by Crippen LogP contribution is 2.34. The van der Waals surface area contributed by atoms with Gasteiger partial charge in [0.05, 0.1) is 17.4 Å². The molecule has 0 saturated carbocycles. The Bertz CT molecular complexity index is 871. The molecule has 5 heteroatoms. The maximum atomic E-state index is 13.2. The topological polar surface area (TPSA) is 71.0 Å². The molecule has 0 aliphatic rings. The summed E-state index contributed by atoms with van der Waals surface area (Å²) in [4.78, 5) is 0.249. The zero-order chi connectivity index (χ0) is 19.3. The van der Waals surface area contributed by atoms with E-state index in [0.717, 1.165) is 11.1 Å². The van der Waals surface area contributed by atoms with E-state index in [2.05, 4.69) is 18.9 Å². The van der Waals surface area contributed by atoms with Gasteiger partial charge in [-0.25, -0.2) is 8.42 Å². The number of allylic oxidation sites excluding steroid dienone is 1. The molecule has 0 spiro atoms. The van der Waals surface area contributed by atoms with Gasteiger partial charge in [-0.3, -0.25) is 0 Å². The lowest BCUT2D eigenvalue weighted by Gasteiger charge is -2.25. The van der Waals surface area contributed by atoms with E-state index in [9.17, 15) is 8.42 Å². The summed E-state index contributed by atoms with van der Waals surface area (Å²) >= 11 is 0. The van der Waals surface area contributed by atoms with Gasteiger partial charge in [0.2, 0.25) is 15.2 Å². The Morgan fingerprint density at radius 2 is 1.65 bits per heavy atom. The average molecular weight is 373 g/mol. The molecule has 0 aliphatic carbocycles. The Kier molecular flexibility index (Phi) is 6.40. The lowest BCUT2D eigenvalue weighted by molar-refractivity contribution is -0.392. The summed E-state index contributed by atoms with van der Waals surface area (Å²) < 4.78 is 31.8. The number of hydrogen-bond donors (Lipinski definition) is 1. The molecule has 0 aliphatic heterocycles. The van der Waals surface area contributed by atoms with E-state index >= 15 is 0 Å². The highest BCUT2D eigenvalue weighted by molar-refractivity contribution is 7.91. The molecule has 0 fully saturated rings. The fraction of sp³-hybridized carbons (Fsp3) is 0.238. The highest BCUT2D eigenvalue weighted by Gasteiger charge is 2.38. The van der Waals surface area contributed by atoms with Crippen molar-refractivity contribution in [2.45, 2.75) is 30.0 Å². The smallest absolute Gasteiger partial charge is 0.232 e. The van der Waals surface area contributed by atoms with Crippen LogP contribution in [0.1, 0.15) is 24.0 Å². The van der Waals surface area contributed by atoms with Crippen LogP contribution in [0.15, 0.2) is 84.0 Å². The quantitative estimate of drug-likeness (QED) is 0.571. The summed E-state index contributed by atoms with van der Waals surface area (Å²) in [5.74, 6) is -0.171. The molecule has 3 N–H and O–H groups in total. The zero-order valence-corrected chi connectivity index (χ0v) is 16.1. The van der Waals surface area contributed by atoms with Crippen molar-refractivity contribution in [1.29, 1.82) is 0 Å². The fourth-order valence-corrected chi connectivity index (χ4v) is 4.37. The van der Waals surface area contributed by atoms with E-state index < -0.39 is 21.1 Å². The molecule has 138 valence electrons. The summed E-state index contributed by atoms with van der Waals surface area (Å²) in [6.07, 6.45) is 0. The van der Waals surface area contributed by atoms with E-state index in [0.29, 0.717) is 17.9 Å². The number of quaternary nitrogens is 1. The van der Waals surface area contributed by atoms with Crippen LogP contribution < -0.4 is 5.73 Å². The molecule has 2 atom stereocenters. The third kappa shape index (κ3) is 4.23. The van der Waals surface area contributed by atoms with Gasteiger partial charge in [0.15, 0.2) is 0 Å². The minimum absolute atomic E-state index is 0.249. The van der Waals surface area contributed by atoms with Gasteiger partial charge in [-0.15, -0.1) is 0 Å². The summed E-state index contributed by atoms with van der Waals surface area (Å²) in [6.45, 7) is 12.2. The standard InChI is InChI=1S/C21H25NO3S/c1-5-25-17(4)16(3)20(18-9-7-6-8-10-18)21(22)26(23,24)19-13-11-15(2)12-14-19/h6-14,20-21H,3-5,22H2,1-2H3/p+1. The van der Waals surface area contributed by atoms with E-state index in [1.54, 1.807) is 24.3 Å². The van der Waals surface area contributed by atoms with Crippen LogP contribution in [0.5, 0.6) is 0 Å². The molecule has 0 bridgehead atoms. The third-order valence-corrected chi connectivity index (χ3v) is 6.33. The average Bonchev–Trinajstić information content (AvgIpc) is 2.63. The number of benzene rings is 2. The number of sulfone groups is 1. The summed E-state index contributed by atoms with van der Waals surface area (Å²) in [7, 11) is -3.67. The normalized spacial score (nSPS) is 13.7. The van der Waals surface area contributed by atoms with E-state index in [-0.39, 0.29) is 4.90 Å². The van der Waals surface area contributed by atoms with Gasteiger partial charge in [0, 0.05) is 5.57 Å². The molecule has 0 saturated heterocycles. The van der Waals surface area contributed by atoms with Crippen molar-refractivity contribution in [3.8, 4) is 0 Å². The van der Waals surface area contributed by atoms with E-state index in [1.807, 2.05) is 44.2 Å². The molecule has 0 radical (unpaired) electrons. The monoisotopic (exact) mass is 372 g/mol. The van der Waals surface area contributed by atoms with Crippen LogP contribution in [0.4, 0.5) is 0 Å². The molecule has 4 nitrogen and oxygen atoms in total. The first-order chi connectivity index (χ1) is 12.3. The van der Waals surface area contributed by atoms with Crippen molar-refractivity contribution in [1.82, 2.24) is 0 Å². The minimum atomic E-state index is -3.67. The Morgan fingerprint density at radius 1 is 1.08 bits per heavy atom. The van der Waals surface area contributed by atoms with Crippen LogP contribution in [-0.2, 0) is 14.6 Å². The fourth-order valence-electron chi connectivity index (χ4n) is 2.82. The number of hydrogen-bond acceptors (Lipinski definition) is 3. The maximum Gasteiger partial charge on any atom is 0.232 e. The van der Waals surface area contributed by atoms with Crippen molar-refractivity contribution in [2.24, 2.45) is 0 Å². The van der Waals surface area contributed by atoms with E-state index in [4.69, 9.17) is 4.74 Å². The van der Waals surface area contributed by atoms with Crippen molar-refractivity contribution in [3.63, 3.8) is 0 Å². The Balaban J connectivity index is 2.49. The largest absolute Gasteiger partial charge is 0.494 e. The Hall–Kier alpha value is -2.37. The lowest BCUT2D eigenvalue weighted by Crippen LogP contribution is -2.67. The van der Waals surface area contributed by atoms with Gasteiger partial charge in [0.25, 0.3) is 0 Å². The number of rotatable bonds is 8. The van der Waals surface area contributed by atoms with Crippen molar-refractivity contribution >= 4 is 9.84 Å². The van der Waals surface area contributed by atoms with Gasteiger partial charge >= 0.3 is 0 Å². The summed E-state index contributed by atoms with van der Waals surface area (Å²) in [5, 5.41) is -0.961. The van der Waals surface area contributed by atoms with Crippen LogP contribution >= 0.6 is 0 Å². The molecule has 26 heavy (non-hydrogen) atoms. The van der Waals surface area contributed by atoms with Crippen molar-refractivity contribution in [3.05, 3.63) is 90.2 Å². The Morgan fingerprint density at radius 3 is 2.19 bits per heavy atom. The molecule has 2 rings (SSSR count). The van der Waals surface area contributed by atoms with Crippen LogP contribution in [-0.4, -0.2) is 20.4 Å². The SMILES string of the molecule is C=C(OCC)C(=C)C(c1ccccc1)C([NH3+])S(=O)(=O)c1ccc(C)cc1. The van der Waals surface area contributed by atoms with Gasteiger partial charge in [-0.2, -0.15) is 0 Å². The highest BCUT2D eigenvalue weighted by atomic mass is 32.2. The second kappa shape index (κ2) is 8.34. The molecular formula is C21H26NO3S+. The number of aryl methyl sites for hydroxylation is 1. The molecule has 2 unspecified atom stereocenters. The van der Waals surface area contributed by atoms with E-state index in [1.165, 1.54) is 0 Å². The van der Waals surface area contributed by atoms with Crippen LogP contribution in [0.2, 0.25) is 0 Å². The second-order valence-electron chi connectivity index (χ2n) is 6.17. The molecule has 0 amide bonds. The first-order valence-corrected chi connectivity index (χ1v) is 10.0. The van der Waals surface area contributed by atoms with Crippen LogP contribution in [0, 0.1) is 6.92 Å². The van der Waals surface area contributed by atoms with Crippen LogP contribution in [0.3, 0.4) is 0 Å². The van der Waals surface area contributed by atoms with Gasteiger partial charge in [0.1, 0.15) is 5.76 Å². The molecule has 2 aromatic carbocycles. The van der Waals surface area contributed by atoms with Crippen LogP contribution in [0.25, 0.3) is 0 Å². The van der Waals surface area contributed by atoms with Gasteiger partial charge in [-0.05, 0) is 31.5 Å². The zero-order valence-electron chi connectivity index (χ0n) is 15.3. The second-order valence-corrected chi connectivity index (χ2v) is 8.33. The molecular weight excluding hydrogens is 346 g/mol. The van der Waals surface area contributed by atoms with Crippen molar-refractivity contribution in [2.75, 3.05) is 6.61 Å².